The number of hydrogen-bond donors (Lipinski definition) is 1. The molecule has 24 heavy (non-hydrogen) atoms. The molecule has 1 heterocycles. The van der Waals surface area contributed by atoms with Gasteiger partial charge in [-0.1, -0.05) is 30.3 Å². The predicted molar refractivity (Wildman–Crippen MR) is 97.0 cm³/mol. The van der Waals surface area contributed by atoms with Gasteiger partial charge in [0, 0.05) is 17.5 Å². The van der Waals surface area contributed by atoms with Gasteiger partial charge in [0.25, 0.3) is 5.91 Å². The topological polar surface area (TPSA) is 51.2 Å². The number of rotatable bonds is 5. The van der Waals surface area contributed by atoms with Crippen LogP contribution in [-0.4, -0.2) is 18.0 Å². The molecule has 0 fully saturated rings. The van der Waals surface area contributed by atoms with Crippen molar-refractivity contribution in [2.45, 2.75) is 13.3 Å². The van der Waals surface area contributed by atoms with Crippen LogP contribution in [0.1, 0.15) is 26.6 Å². The van der Waals surface area contributed by atoms with Crippen molar-refractivity contribution in [3.63, 3.8) is 0 Å². The van der Waals surface area contributed by atoms with E-state index in [4.69, 9.17) is 4.74 Å². The summed E-state index contributed by atoms with van der Waals surface area (Å²) in [5.74, 6) is 0.651. The molecular formula is C19H18N2O2S. The van der Waals surface area contributed by atoms with Crippen molar-refractivity contribution >= 4 is 22.9 Å². The van der Waals surface area contributed by atoms with Crippen molar-refractivity contribution in [1.82, 2.24) is 4.98 Å². The summed E-state index contributed by atoms with van der Waals surface area (Å²) in [6, 6.07) is 15.6. The Kier molecular flexibility index (Phi) is 4.91. The molecule has 0 unspecified atom stereocenters. The zero-order chi connectivity index (χ0) is 16.9. The second kappa shape index (κ2) is 7.27. The standard InChI is InChI=1S/C19H18N2O2S/c1-13-5-3-4-6-16(13)21-19(22)17-12-24-18(20-17)11-14-7-9-15(23-2)10-8-14/h3-10,12H,11H2,1-2H3,(H,21,22). The van der Waals surface area contributed by atoms with E-state index in [1.165, 1.54) is 11.3 Å². The molecular weight excluding hydrogens is 320 g/mol. The molecule has 0 spiro atoms. The van der Waals surface area contributed by atoms with Crippen LogP contribution in [-0.2, 0) is 6.42 Å². The predicted octanol–water partition coefficient (Wildman–Crippen LogP) is 4.30. The van der Waals surface area contributed by atoms with Gasteiger partial charge in [-0.05, 0) is 36.2 Å². The van der Waals surface area contributed by atoms with Crippen molar-refractivity contribution in [2.24, 2.45) is 0 Å². The number of nitrogens with one attached hydrogen (secondary N) is 1. The van der Waals surface area contributed by atoms with Crippen LogP contribution >= 0.6 is 11.3 Å². The summed E-state index contributed by atoms with van der Waals surface area (Å²) < 4.78 is 5.16. The van der Waals surface area contributed by atoms with E-state index in [-0.39, 0.29) is 5.91 Å². The first kappa shape index (κ1) is 16.2. The second-order valence-corrected chi connectivity index (χ2v) is 6.36. The summed E-state index contributed by atoms with van der Waals surface area (Å²) in [7, 11) is 1.65. The van der Waals surface area contributed by atoms with Crippen molar-refractivity contribution < 1.29 is 9.53 Å². The van der Waals surface area contributed by atoms with E-state index >= 15 is 0 Å². The first-order valence-corrected chi connectivity index (χ1v) is 8.48. The number of anilines is 1. The first-order valence-electron chi connectivity index (χ1n) is 7.60. The summed E-state index contributed by atoms with van der Waals surface area (Å²) in [6.45, 7) is 1.96. The van der Waals surface area contributed by atoms with Gasteiger partial charge in [0.2, 0.25) is 0 Å². The molecule has 0 saturated heterocycles. The fourth-order valence-corrected chi connectivity index (χ4v) is 3.12. The van der Waals surface area contributed by atoms with Crippen LogP contribution in [0, 0.1) is 6.92 Å². The van der Waals surface area contributed by atoms with Crippen LogP contribution in [0.2, 0.25) is 0 Å². The van der Waals surface area contributed by atoms with Crippen molar-refractivity contribution in [3.05, 3.63) is 75.7 Å². The van der Waals surface area contributed by atoms with Crippen LogP contribution in [0.15, 0.2) is 53.9 Å². The quantitative estimate of drug-likeness (QED) is 0.754. The summed E-state index contributed by atoms with van der Waals surface area (Å²) in [6.07, 6.45) is 0.701. The summed E-state index contributed by atoms with van der Waals surface area (Å²) in [4.78, 5) is 16.8. The maximum absolute atomic E-state index is 12.3. The lowest BCUT2D eigenvalue weighted by Gasteiger charge is -2.06. The molecule has 1 amide bonds. The van der Waals surface area contributed by atoms with Gasteiger partial charge < -0.3 is 10.1 Å². The van der Waals surface area contributed by atoms with Gasteiger partial charge in [-0.25, -0.2) is 4.98 Å². The van der Waals surface area contributed by atoms with Gasteiger partial charge in [0.1, 0.15) is 11.4 Å². The minimum atomic E-state index is -0.179. The van der Waals surface area contributed by atoms with Crippen LogP contribution in [0.25, 0.3) is 0 Å². The van der Waals surface area contributed by atoms with E-state index in [0.717, 1.165) is 27.6 Å². The lowest BCUT2D eigenvalue weighted by molar-refractivity contribution is 0.102. The normalized spacial score (nSPS) is 10.4. The molecule has 0 atom stereocenters. The fourth-order valence-electron chi connectivity index (χ4n) is 2.31. The third kappa shape index (κ3) is 3.81. The maximum atomic E-state index is 12.3. The number of aryl methyl sites for hydroxylation is 1. The fraction of sp³-hybridized carbons (Fsp3) is 0.158. The lowest BCUT2D eigenvalue weighted by Crippen LogP contribution is -2.13. The maximum Gasteiger partial charge on any atom is 0.275 e. The number of nitrogens with zero attached hydrogens (tertiary/aromatic N) is 1. The zero-order valence-electron chi connectivity index (χ0n) is 13.6. The molecule has 5 heteroatoms. The smallest absolute Gasteiger partial charge is 0.275 e. The lowest BCUT2D eigenvalue weighted by atomic mass is 10.1. The molecule has 3 rings (SSSR count). The van der Waals surface area contributed by atoms with E-state index in [1.807, 2.05) is 55.5 Å². The Morgan fingerprint density at radius 1 is 1.17 bits per heavy atom. The highest BCUT2D eigenvalue weighted by atomic mass is 32.1. The number of carbonyl (C=O) groups excluding carboxylic acids is 1. The number of benzene rings is 2. The first-order chi connectivity index (χ1) is 11.7. The van der Waals surface area contributed by atoms with Crippen molar-refractivity contribution in [2.75, 3.05) is 12.4 Å². The molecule has 122 valence electrons. The highest BCUT2D eigenvalue weighted by molar-refractivity contribution is 7.09. The monoisotopic (exact) mass is 338 g/mol. The van der Waals surface area contributed by atoms with Gasteiger partial charge >= 0.3 is 0 Å². The van der Waals surface area contributed by atoms with Gasteiger partial charge in [0.15, 0.2) is 0 Å². The Hall–Kier alpha value is -2.66. The third-order valence-corrected chi connectivity index (χ3v) is 4.54. The highest BCUT2D eigenvalue weighted by Gasteiger charge is 2.12. The molecule has 2 aromatic carbocycles. The highest BCUT2D eigenvalue weighted by Crippen LogP contribution is 2.19. The average molecular weight is 338 g/mol. The Labute approximate surface area is 145 Å². The average Bonchev–Trinajstić information content (AvgIpc) is 3.06. The minimum absolute atomic E-state index is 0.179. The third-order valence-electron chi connectivity index (χ3n) is 3.69. The molecule has 0 radical (unpaired) electrons. The Balaban J connectivity index is 1.68. The molecule has 1 aromatic heterocycles. The largest absolute Gasteiger partial charge is 0.497 e. The van der Waals surface area contributed by atoms with Crippen molar-refractivity contribution in [1.29, 1.82) is 0 Å². The molecule has 0 bridgehead atoms. The van der Waals surface area contributed by atoms with E-state index in [2.05, 4.69) is 10.3 Å². The molecule has 4 nitrogen and oxygen atoms in total. The molecule has 3 aromatic rings. The molecule has 1 N–H and O–H groups in total. The van der Waals surface area contributed by atoms with Crippen LogP contribution in [0.4, 0.5) is 5.69 Å². The van der Waals surface area contributed by atoms with Gasteiger partial charge in [0.05, 0.1) is 12.1 Å². The van der Waals surface area contributed by atoms with E-state index in [1.54, 1.807) is 12.5 Å². The van der Waals surface area contributed by atoms with Crippen molar-refractivity contribution in [3.8, 4) is 5.75 Å². The second-order valence-electron chi connectivity index (χ2n) is 5.42. The van der Waals surface area contributed by atoms with Gasteiger partial charge in [-0.3, -0.25) is 4.79 Å². The number of ether oxygens (including phenoxy) is 1. The summed E-state index contributed by atoms with van der Waals surface area (Å²) in [5.41, 5.74) is 3.43. The number of thiazole rings is 1. The zero-order valence-corrected chi connectivity index (χ0v) is 14.4. The number of hydrogen-bond acceptors (Lipinski definition) is 4. The van der Waals surface area contributed by atoms with Crippen LogP contribution < -0.4 is 10.1 Å². The Bertz CT molecular complexity index is 841. The van der Waals surface area contributed by atoms with E-state index < -0.39 is 0 Å². The van der Waals surface area contributed by atoms with Gasteiger partial charge in [-0.15, -0.1) is 11.3 Å². The van der Waals surface area contributed by atoms with Gasteiger partial charge in [-0.2, -0.15) is 0 Å². The minimum Gasteiger partial charge on any atom is -0.497 e. The number of amides is 1. The number of carbonyl (C=O) groups is 1. The summed E-state index contributed by atoms with van der Waals surface area (Å²) in [5, 5.41) is 5.62. The van der Waals surface area contributed by atoms with E-state index in [9.17, 15) is 4.79 Å². The number of aromatic nitrogens is 1. The van der Waals surface area contributed by atoms with Crippen LogP contribution in [0.3, 0.4) is 0 Å². The molecule has 0 aliphatic heterocycles. The summed E-state index contributed by atoms with van der Waals surface area (Å²) >= 11 is 1.49. The molecule has 0 aliphatic carbocycles. The number of para-hydroxylation sites is 1. The number of methoxy groups -OCH3 is 1. The van der Waals surface area contributed by atoms with E-state index in [0.29, 0.717) is 12.1 Å². The van der Waals surface area contributed by atoms with Crippen LogP contribution in [0.5, 0.6) is 5.75 Å². The Morgan fingerprint density at radius 3 is 2.62 bits per heavy atom. The molecule has 0 aliphatic rings. The molecule has 0 saturated carbocycles. The SMILES string of the molecule is COc1ccc(Cc2nc(C(=O)Nc3ccccc3C)cs2)cc1. The Morgan fingerprint density at radius 2 is 1.92 bits per heavy atom.